The molecule has 0 aliphatic carbocycles. The third-order valence-corrected chi connectivity index (χ3v) is 4.45. The molecule has 1 aromatic heterocycles. The lowest BCUT2D eigenvalue weighted by Crippen LogP contribution is -2.15. The predicted octanol–water partition coefficient (Wildman–Crippen LogP) is 3.58. The Morgan fingerprint density at radius 1 is 1.18 bits per heavy atom. The smallest absolute Gasteiger partial charge is 0.270 e. The fourth-order valence-corrected chi connectivity index (χ4v) is 2.87. The summed E-state index contributed by atoms with van der Waals surface area (Å²) in [5, 5.41) is 9.75. The first-order valence-electron chi connectivity index (χ1n) is 8.10. The minimum Gasteiger partial charge on any atom is -0.497 e. The van der Waals surface area contributed by atoms with Crippen LogP contribution in [0.15, 0.2) is 52.4 Å². The second-order valence-electron chi connectivity index (χ2n) is 5.58. The molecule has 5 nitrogen and oxygen atoms in total. The molecule has 0 unspecified atom stereocenters. The van der Waals surface area contributed by atoms with Crippen LogP contribution in [0.1, 0.15) is 16.7 Å². The van der Waals surface area contributed by atoms with Gasteiger partial charge in [-0.3, -0.25) is 4.79 Å². The Balaban J connectivity index is 2.16. The van der Waals surface area contributed by atoms with Gasteiger partial charge in [0.15, 0.2) is 5.16 Å². The fourth-order valence-electron chi connectivity index (χ4n) is 2.49. The highest BCUT2D eigenvalue weighted by Gasteiger charge is 2.16. The third kappa shape index (κ3) is 4.06. The monoisotopic (exact) mass is 391 g/mol. The minimum atomic E-state index is -0.546. The molecule has 0 radical (unpaired) electrons. The normalized spacial score (nSPS) is 9.93. The molecule has 28 heavy (non-hydrogen) atoms. The van der Waals surface area contributed by atoms with Gasteiger partial charge in [-0.25, -0.2) is 9.37 Å². The van der Waals surface area contributed by atoms with Crippen molar-refractivity contribution >= 4 is 11.8 Å². The van der Waals surface area contributed by atoms with Crippen molar-refractivity contribution in [1.29, 1.82) is 5.26 Å². The number of nitriles is 1. The summed E-state index contributed by atoms with van der Waals surface area (Å²) < 4.78 is 19.0. The first-order valence-corrected chi connectivity index (χ1v) is 9.32. The molecule has 0 spiro atoms. The Kier molecular flexibility index (Phi) is 5.78. The van der Waals surface area contributed by atoms with E-state index >= 15 is 0 Å². The molecule has 3 rings (SSSR count). The molecule has 0 aliphatic heterocycles. The summed E-state index contributed by atoms with van der Waals surface area (Å²) in [5.41, 5.74) is 0.944. The van der Waals surface area contributed by atoms with Crippen molar-refractivity contribution in [1.82, 2.24) is 9.97 Å². The molecule has 0 saturated carbocycles. The van der Waals surface area contributed by atoms with Gasteiger partial charge in [-0.15, -0.1) is 0 Å². The molecule has 0 amide bonds. The Morgan fingerprint density at radius 3 is 2.57 bits per heavy atom. The summed E-state index contributed by atoms with van der Waals surface area (Å²) in [4.78, 5) is 19.1. The summed E-state index contributed by atoms with van der Waals surface area (Å²) >= 11 is 1.24. The van der Waals surface area contributed by atoms with E-state index in [0.717, 1.165) is 0 Å². The van der Waals surface area contributed by atoms with E-state index < -0.39 is 11.4 Å². The predicted molar refractivity (Wildman–Crippen MR) is 106 cm³/mol. The quantitative estimate of drug-likeness (QED) is 0.419. The lowest BCUT2D eigenvalue weighted by Gasteiger charge is -2.07. The van der Waals surface area contributed by atoms with Gasteiger partial charge in [-0.2, -0.15) is 5.26 Å². The van der Waals surface area contributed by atoms with Crippen molar-refractivity contribution in [3.05, 3.63) is 75.3 Å². The van der Waals surface area contributed by atoms with E-state index in [-0.39, 0.29) is 11.3 Å². The number of H-pyrrole nitrogens is 1. The standard InChI is InChI=1S/C21H14FN3O2S/c1-27-16-8-4-13(5-9-16)3-6-14-11-15(22)7-10-17(14)19-18(12-23)20(26)25-21(24-19)28-2/h4-5,7-11H,1-2H3,(H,24,25,26). The molecular weight excluding hydrogens is 377 g/mol. The number of aromatic nitrogens is 2. The third-order valence-electron chi connectivity index (χ3n) is 3.87. The summed E-state index contributed by atoms with van der Waals surface area (Å²) in [6.45, 7) is 0. The van der Waals surface area contributed by atoms with Crippen molar-refractivity contribution in [2.45, 2.75) is 5.16 Å². The molecule has 2 aromatic carbocycles. The number of nitrogens with zero attached hydrogens (tertiary/aromatic N) is 2. The van der Waals surface area contributed by atoms with E-state index in [0.29, 0.717) is 27.6 Å². The summed E-state index contributed by atoms with van der Waals surface area (Å²) in [5.74, 6) is 6.10. The Labute approximate surface area is 165 Å². The Hall–Kier alpha value is -3.55. The first kappa shape index (κ1) is 19.2. The molecule has 1 N–H and O–H groups in total. The van der Waals surface area contributed by atoms with Gasteiger partial charge in [-0.1, -0.05) is 23.6 Å². The Bertz CT molecular complexity index is 1190. The van der Waals surface area contributed by atoms with Crippen LogP contribution in [-0.4, -0.2) is 23.3 Å². The highest BCUT2D eigenvalue weighted by molar-refractivity contribution is 7.98. The van der Waals surface area contributed by atoms with Crippen LogP contribution in [0.2, 0.25) is 0 Å². The zero-order chi connectivity index (χ0) is 20.1. The maximum Gasteiger partial charge on any atom is 0.270 e. The van der Waals surface area contributed by atoms with Gasteiger partial charge in [0.2, 0.25) is 0 Å². The van der Waals surface area contributed by atoms with Gasteiger partial charge >= 0.3 is 0 Å². The molecule has 0 bridgehead atoms. The average Bonchev–Trinajstić information content (AvgIpc) is 2.72. The van der Waals surface area contributed by atoms with Crippen molar-refractivity contribution in [2.24, 2.45) is 0 Å². The lowest BCUT2D eigenvalue weighted by molar-refractivity contribution is 0.415. The van der Waals surface area contributed by atoms with Gasteiger partial charge in [-0.05, 0) is 48.7 Å². The van der Waals surface area contributed by atoms with E-state index in [1.54, 1.807) is 37.6 Å². The van der Waals surface area contributed by atoms with Crippen molar-refractivity contribution in [3.8, 4) is 34.9 Å². The molecule has 7 heteroatoms. The van der Waals surface area contributed by atoms with E-state index in [2.05, 4.69) is 21.8 Å². The summed E-state index contributed by atoms with van der Waals surface area (Å²) in [7, 11) is 1.57. The largest absolute Gasteiger partial charge is 0.497 e. The number of aromatic amines is 1. The second-order valence-corrected chi connectivity index (χ2v) is 6.37. The van der Waals surface area contributed by atoms with E-state index in [4.69, 9.17) is 4.74 Å². The maximum absolute atomic E-state index is 13.9. The summed E-state index contributed by atoms with van der Waals surface area (Å²) in [6, 6.07) is 13.0. The number of rotatable bonds is 3. The fraction of sp³-hybridized carbons (Fsp3) is 0.0952. The molecule has 0 atom stereocenters. The van der Waals surface area contributed by atoms with E-state index in [1.165, 1.54) is 30.0 Å². The zero-order valence-corrected chi connectivity index (χ0v) is 15.9. The number of thioether (sulfide) groups is 1. The second kappa shape index (κ2) is 8.43. The van der Waals surface area contributed by atoms with Crippen LogP contribution in [-0.2, 0) is 0 Å². The molecule has 138 valence electrons. The number of nitrogens with one attached hydrogen (secondary N) is 1. The first-order chi connectivity index (χ1) is 13.5. The van der Waals surface area contributed by atoms with Crippen LogP contribution in [0.25, 0.3) is 11.3 Å². The molecule has 3 aromatic rings. The van der Waals surface area contributed by atoms with Gasteiger partial charge in [0.1, 0.15) is 23.2 Å². The van der Waals surface area contributed by atoms with Gasteiger partial charge in [0, 0.05) is 16.7 Å². The van der Waals surface area contributed by atoms with Crippen LogP contribution in [0.4, 0.5) is 4.39 Å². The molecule has 0 aliphatic rings. The number of benzene rings is 2. The highest BCUT2D eigenvalue weighted by Crippen LogP contribution is 2.25. The van der Waals surface area contributed by atoms with Crippen LogP contribution in [0, 0.1) is 29.0 Å². The number of hydrogen-bond donors (Lipinski definition) is 1. The van der Waals surface area contributed by atoms with Crippen molar-refractivity contribution in [3.63, 3.8) is 0 Å². The zero-order valence-electron chi connectivity index (χ0n) is 15.0. The minimum absolute atomic E-state index is 0.142. The number of ether oxygens (including phenoxy) is 1. The van der Waals surface area contributed by atoms with Crippen LogP contribution in [0.3, 0.4) is 0 Å². The molecular formula is C21H14FN3O2S. The van der Waals surface area contributed by atoms with E-state index in [1.807, 2.05) is 6.07 Å². The van der Waals surface area contributed by atoms with Crippen molar-refractivity contribution in [2.75, 3.05) is 13.4 Å². The van der Waals surface area contributed by atoms with E-state index in [9.17, 15) is 14.4 Å². The number of hydrogen-bond acceptors (Lipinski definition) is 5. The Morgan fingerprint density at radius 2 is 1.93 bits per heavy atom. The number of halogens is 1. The van der Waals surface area contributed by atoms with Crippen molar-refractivity contribution < 1.29 is 9.13 Å². The topological polar surface area (TPSA) is 78.8 Å². The van der Waals surface area contributed by atoms with Crippen LogP contribution in [0.5, 0.6) is 5.75 Å². The van der Waals surface area contributed by atoms with Crippen LogP contribution < -0.4 is 10.3 Å². The summed E-state index contributed by atoms with van der Waals surface area (Å²) in [6.07, 6.45) is 1.75. The lowest BCUT2D eigenvalue weighted by atomic mass is 10.0. The molecule has 1 heterocycles. The van der Waals surface area contributed by atoms with Gasteiger partial charge in [0.25, 0.3) is 5.56 Å². The average molecular weight is 391 g/mol. The molecule has 0 saturated heterocycles. The van der Waals surface area contributed by atoms with Gasteiger partial charge in [0.05, 0.1) is 12.8 Å². The van der Waals surface area contributed by atoms with Gasteiger partial charge < -0.3 is 9.72 Å². The highest BCUT2D eigenvalue weighted by atomic mass is 32.2. The van der Waals surface area contributed by atoms with Crippen LogP contribution >= 0.6 is 11.8 Å². The number of methoxy groups -OCH3 is 1. The maximum atomic E-state index is 13.9. The molecule has 0 fully saturated rings. The SMILES string of the molecule is COc1ccc(C#Cc2cc(F)ccc2-c2nc(SC)[nH]c(=O)c2C#N)cc1.